The molecule has 3 rings (SSSR count). The fraction of sp³-hybridized carbons (Fsp3) is 0.389. The largest absolute Gasteiger partial charge is 0.417 e. The Morgan fingerprint density at radius 1 is 1.17 bits per heavy atom. The van der Waals surface area contributed by atoms with Crippen molar-refractivity contribution in [1.29, 1.82) is 0 Å². The van der Waals surface area contributed by atoms with Crippen LogP contribution >= 0.6 is 22.9 Å². The van der Waals surface area contributed by atoms with Gasteiger partial charge in [-0.15, -0.1) is 11.3 Å². The van der Waals surface area contributed by atoms with Gasteiger partial charge in [0.25, 0.3) is 5.91 Å². The zero-order chi connectivity index (χ0) is 21.4. The molecule has 0 saturated carbocycles. The van der Waals surface area contributed by atoms with E-state index in [4.69, 9.17) is 11.6 Å². The molecule has 5 nitrogen and oxygen atoms in total. The summed E-state index contributed by atoms with van der Waals surface area (Å²) in [5.41, 5.74) is -0.255. The maximum atomic E-state index is 13.1. The third-order valence-electron chi connectivity index (χ3n) is 4.73. The van der Waals surface area contributed by atoms with Crippen molar-refractivity contribution < 1.29 is 26.4 Å². The number of nitrogens with zero attached hydrogens (tertiary/aromatic N) is 2. The molecule has 1 aromatic carbocycles. The van der Waals surface area contributed by atoms with Crippen LogP contribution in [0.25, 0.3) is 0 Å². The number of sulfonamides is 1. The first-order valence-corrected chi connectivity index (χ1v) is 11.5. The first-order valence-electron chi connectivity index (χ1n) is 8.78. The van der Waals surface area contributed by atoms with Crippen molar-refractivity contribution in [1.82, 2.24) is 9.21 Å². The lowest BCUT2D eigenvalue weighted by molar-refractivity contribution is -0.137. The fourth-order valence-corrected chi connectivity index (χ4v) is 5.74. The van der Waals surface area contributed by atoms with Crippen LogP contribution in [-0.4, -0.2) is 49.7 Å². The molecule has 1 aromatic heterocycles. The quantitative estimate of drug-likeness (QED) is 0.680. The van der Waals surface area contributed by atoms with Crippen molar-refractivity contribution >= 4 is 38.9 Å². The summed E-state index contributed by atoms with van der Waals surface area (Å²) in [6, 6.07) is 4.43. The van der Waals surface area contributed by atoms with E-state index in [2.05, 4.69) is 0 Å². The molecule has 2 aromatic rings. The molecule has 0 bridgehead atoms. The van der Waals surface area contributed by atoms with Crippen LogP contribution in [0.15, 0.2) is 34.5 Å². The van der Waals surface area contributed by atoms with Gasteiger partial charge in [-0.05, 0) is 41.6 Å². The molecule has 0 aliphatic carbocycles. The number of amides is 1. The molecule has 1 aliphatic heterocycles. The van der Waals surface area contributed by atoms with E-state index in [1.165, 1.54) is 11.3 Å². The van der Waals surface area contributed by atoms with Crippen molar-refractivity contribution in [2.75, 3.05) is 26.2 Å². The monoisotopic (exact) mass is 466 g/mol. The molecular formula is C18H18ClF3N2O3S2. The average molecular weight is 467 g/mol. The molecule has 1 aliphatic rings. The third-order valence-corrected chi connectivity index (χ3v) is 7.90. The van der Waals surface area contributed by atoms with Gasteiger partial charge in [-0.1, -0.05) is 18.5 Å². The van der Waals surface area contributed by atoms with Crippen LogP contribution in [0.4, 0.5) is 13.2 Å². The highest BCUT2D eigenvalue weighted by atomic mass is 35.5. The topological polar surface area (TPSA) is 57.7 Å². The van der Waals surface area contributed by atoms with Crippen LogP contribution in [0.2, 0.25) is 5.02 Å². The number of carbonyl (C=O) groups excluding carboxylic acids is 1. The van der Waals surface area contributed by atoms with Crippen molar-refractivity contribution in [2.24, 2.45) is 0 Å². The fourth-order valence-electron chi connectivity index (χ4n) is 3.11. The van der Waals surface area contributed by atoms with Gasteiger partial charge in [-0.3, -0.25) is 4.79 Å². The first kappa shape index (κ1) is 22.1. The summed E-state index contributed by atoms with van der Waals surface area (Å²) in [4.78, 5) is 14.4. The highest BCUT2D eigenvalue weighted by Crippen LogP contribution is 2.36. The smallest absolute Gasteiger partial charge is 0.335 e. The molecule has 0 radical (unpaired) electrons. The van der Waals surface area contributed by atoms with Crippen LogP contribution in [0.3, 0.4) is 0 Å². The Morgan fingerprint density at radius 3 is 2.41 bits per heavy atom. The summed E-state index contributed by atoms with van der Waals surface area (Å²) >= 11 is 6.91. The van der Waals surface area contributed by atoms with Gasteiger partial charge in [0, 0.05) is 26.2 Å². The van der Waals surface area contributed by atoms with Crippen LogP contribution in [0.1, 0.15) is 27.7 Å². The first-order chi connectivity index (χ1) is 13.6. The minimum Gasteiger partial charge on any atom is -0.335 e. The van der Waals surface area contributed by atoms with Gasteiger partial charge in [-0.2, -0.15) is 17.5 Å². The second kappa shape index (κ2) is 8.25. The molecule has 2 heterocycles. The predicted molar refractivity (Wildman–Crippen MR) is 105 cm³/mol. The van der Waals surface area contributed by atoms with Gasteiger partial charge < -0.3 is 4.90 Å². The maximum Gasteiger partial charge on any atom is 0.417 e. The lowest BCUT2D eigenvalue weighted by Crippen LogP contribution is -2.50. The Labute approximate surface area is 175 Å². The number of aryl methyl sites for hydroxylation is 1. The van der Waals surface area contributed by atoms with Gasteiger partial charge in [0.05, 0.1) is 20.4 Å². The van der Waals surface area contributed by atoms with E-state index in [0.717, 1.165) is 28.4 Å². The van der Waals surface area contributed by atoms with Gasteiger partial charge in [-0.25, -0.2) is 8.42 Å². The zero-order valence-corrected chi connectivity index (χ0v) is 17.8. The number of piperazine rings is 1. The molecule has 1 fully saturated rings. The van der Waals surface area contributed by atoms with Gasteiger partial charge in [0.15, 0.2) is 0 Å². The molecule has 11 heteroatoms. The highest BCUT2D eigenvalue weighted by Gasteiger charge is 2.36. The highest BCUT2D eigenvalue weighted by molar-refractivity contribution is 7.89. The normalized spacial score (nSPS) is 16.2. The third kappa shape index (κ3) is 4.45. The molecule has 0 spiro atoms. The standard InChI is InChI=1S/C18H18ClF3N2O3S2/c1-2-12-5-10-28-16(12)17(25)23-6-8-24(9-7-23)29(26,27)13-3-4-15(19)14(11-13)18(20,21)22/h3-5,10-11H,2,6-9H2,1H3. The van der Waals surface area contributed by atoms with Gasteiger partial charge in [0.1, 0.15) is 0 Å². The molecule has 0 N–H and O–H groups in total. The summed E-state index contributed by atoms with van der Waals surface area (Å²) in [5, 5.41) is 1.28. The molecule has 0 atom stereocenters. The van der Waals surface area contributed by atoms with Crippen molar-refractivity contribution in [3.8, 4) is 0 Å². The second-order valence-corrected chi connectivity index (χ2v) is 9.73. The minimum absolute atomic E-state index is 0.00485. The Hall–Kier alpha value is -1.62. The Kier molecular flexibility index (Phi) is 6.28. The number of halogens is 4. The summed E-state index contributed by atoms with van der Waals surface area (Å²) in [5.74, 6) is -0.153. The number of rotatable bonds is 4. The number of thiophene rings is 1. The summed E-state index contributed by atoms with van der Waals surface area (Å²) < 4.78 is 65.9. The Morgan fingerprint density at radius 2 is 1.83 bits per heavy atom. The van der Waals surface area contributed by atoms with Crippen molar-refractivity contribution in [2.45, 2.75) is 24.4 Å². The van der Waals surface area contributed by atoms with Crippen LogP contribution in [-0.2, 0) is 22.6 Å². The molecule has 29 heavy (non-hydrogen) atoms. The van der Waals surface area contributed by atoms with E-state index in [-0.39, 0.29) is 32.1 Å². The van der Waals surface area contributed by atoms with E-state index in [1.54, 1.807) is 4.90 Å². The predicted octanol–water partition coefficient (Wildman–Crippen LogP) is 4.13. The molecule has 158 valence electrons. The minimum atomic E-state index is -4.76. The Bertz CT molecular complexity index is 1010. The number of benzene rings is 1. The Balaban J connectivity index is 1.76. The van der Waals surface area contributed by atoms with E-state index >= 15 is 0 Å². The van der Waals surface area contributed by atoms with Crippen LogP contribution in [0, 0.1) is 0 Å². The van der Waals surface area contributed by atoms with Crippen molar-refractivity contribution in [3.63, 3.8) is 0 Å². The summed E-state index contributed by atoms with van der Waals surface area (Å²) in [6.45, 7) is 2.29. The van der Waals surface area contributed by atoms with E-state index in [9.17, 15) is 26.4 Å². The SMILES string of the molecule is CCc1ccsc1C(=O)N1CCN(S(=O)(=O)c2ccc(Cl)c(C(F)(F)F)c2)CC1. The van der Waals surface area contributed by atoms with E-state index in [1.807, 2.05) is 18.4 Å². The lowest BCUT2D eigenvalue weighted by atomic mass is 10.2. The van der Waals surface area contributed by atoms with Gasteiger partial charge >= 0.3 is 6.18 Å². The summed E-state index contributed by atoms with van der Waals surface area (Å²) in [6.07, 6.45) is -4.04. The molecule has 0 unspecified atom stereocenters. The molecular weight excluding hydrogens is 449 g/mol. The molecule has 1 saturated heterocycles. The maximum absolute atomic E-state index is 13.1. The van der Waals surface area contributed by atoms with Gasteiger partial charge in [0.2, 0.25) is 10.0 Å². The number of carbonyl (C=O) groups is 1. The van der Waals surface area contributed by atoms with E-state index in [0.29, 0.717) is 10.9 Å². The molecule has 1 amide bonds. The number of hydrogen-bond donors (Lipinski definition) is 0. The van der Waals surface area contributed by atoms with Crippen LogP contribution in [0.5, 0.6) is 0 Å². The van der Waals surface area contributed by atoms with Crippen LogP contribution < -0.4 is 0 Å². The number of alkyl halides is 3. The van der Waals surface area contributed by atoms with E-state index < -0.39 is 31.7 Å². The zero-order valence-electron chi connectivity index (χ0n) is 15.4. The summed E-state index contributed by atoms with van der Waals surface area (Å²) in [7, 11) is -4.14. The number of hydrogen-bond acceptors (Lipinski definition) is 4. The average Bonchev–Trinajstić information content (AvgIpc) is 3.15. The second-order valence-electron chi connectivity index (χ2n) is 6.46. The van der Waals surface area contributed by atoms with Crippen molar-refractivity contribution in [3.05, 3.63) is 50.7 Å². The lowest BCUT2D eigenvalue weighted by Gasteiger charge is -2.34.